The van der Waals surface area contributed by atoms with Crippen LogP contribution in [-0.4, -0.2) is 31.1 Å². The van der Waals surface area contributed by atoms with Crippen LogP contribution < -0.4 is 5.32 Å². The SMILES string of the molecule is CCNCC1CCN(C(c2cccs2)C(C)C)CC1. The second-order valence-electron chi connectivity index (χ2n) is 5.99. The number of hydrogen-bond donors (Lipinski definition) is 1. The Morgan fingerprint density at radius 1 is 1.37 bits per heavy atom. The van der Waals surface area contributed by atoms with Gasteiger partial charge in [-0.05, 0) is 62.3 Å². The average molecular weight is 280 g/mol. The number of likely N-dealkylation sites (tertiary alicyclic amines) is 1. The minimum Gasteiger partial charge on any atom is -0.317 e. The van der Waals surface area contributed by atoms with Gasteiger partial charge in [0.1, 0.15) is 0 Å². The molecule has 2 heterocycles. The van der Waals surface area contributed by atoms with Crippen molar-refractivity contribution in [1.82, 2.24) is 10.2 Å². The fourth-order valence-electron chi connectivity index (χ4n) is 3.17. The average Bonchev–Trinajstić information content (AvgIpc) is 2.91. The molecule has 1 saturated heterocycles. The second-order valence-corrected chi connectivity index (χ2v) is 6.97. The highest BCUT2D eigenvalue weighted by Gasteiger charge is 2.28. The molecular weight excluding hydrogens is 252 g/mol. The molecule has 1 N–H and O–H groups in total. The predicted molar refractivity (Wildman–Crippen MR) is 84.7 cm³/mol. The normalized spacial score (nSPS) is 20.0. The molecule has 1 atom stereocenters. The number of nitrogens with zero attached hydrogens (tertiary/aromatic N) is 1. The van der Waals surface area contributed by atoms with Gasteiger partial charge in [0.15, 0.2) is 0 Å². The molecule has 19 heavy (non-hydrogen) atoms. The maximum atomic E-state index is 3.50. The summed E-state index contributed by atoms with van der Waals surface area (Å²) in [5.74, 6) is 1.58. The number of nitrogens with one attached hydrogen (secondary N) is 1. The van der Waals surface area contributed by atoms with Crippen molar-refractivity contribution in [2.75, 3.05) is 26.2 Å². The Labute approximate surface area is 122 Å². The topological polar surface area (TPSA) is 15.3 Å². The summed E-state index contributed by atoms with van der Waals surface area (Å²) in [6.45, 7) is 11.7. The molecular formula is C16H28N2S. The standard InChI is InChI=1S/C16H28N2S/c1-4-17-12-14-7-9-18(10-8-14)16(13(2)3)15-6-5-11-19-15/h5-6,11,13-14,16-17H,4,7-10,12H2,1-3H3. The van der Waals surface area contributed by atoms with Crippen LogP contribution in [0.25, 0.3) is 0 Å². The van der Waals surface area contributed by atoms with Crippen molar-refractivity contribution in [2.45, 2.75) is 39.7 Å². The number of hydrogen-bond acceptors (Lipinski definition) is 3. The van der Waals surface area contributed by atoms with Gasteiger partial charge in [0.25, 0.3) is 0 Å². The molecule has 0 aliphatic carbocycles. The molecule has 0 saturated carbocycles. The van der Waals surface area contributed by atoms with Crippen molar-refractivity contribution in [3.05, 3.63) is 22.4 Å². The summed E-state index contributed by atoms with van der Waals surface area (Å²) in [5.41, 5.74) is 0. The highest BCUT2D eigenvalue weighted by molar-refractivity contribution is 7.10. The van der Waals surface area contributed by atoms with Gasteiger partial charge >= 0.3 is 0 Å². The summed E-state index contributed by atoms with van der Waals surface area (Å²) in [5, 5.41) is 5.71. The van der Waals surface area contributed by atoms with Gasteiger partial charge in [-0.15, -0.1) is 11.3 Å². The molecule has 1 aromatic heterocycles. The Hall–Kier alpha value is -0.380. The van der Waals surface area contributed by atoms with Crippen LogP contribution in [0.15, 0.2) is 17.5 Å². The zero-order valence-corrected chi connectivity index (χ0v) is 13.4. The maximum Gasteiger partial charge on any atom is 0.0464 e. The molecule has 0 amide bonds. The molecule has 0 bridgehead atoms. The zero-order valence-electron chi connectivity index (χ0n) is 12.6. The lowest BCUT2D eigenvalue weighted by Gasteiger charge is -2.39. The third-order valence-corrected chi connectivity index (χ3v) is 5.13. The third kappa shape index (κ3) is 4.04. The van der Waals surface area contributed by atoms with E-state index in [2.05, 4.69) is 48.5 Å². The summed E-state index contributed by atoms with van der Waals surface area (Å²) in [7, 11) is 0. The zero-order chi connectivity index (χ0) is 13.7. The molecule has 1 unspecified atom stereocenters. The number of thiophene rings is 1. The summed E-state index contributed by atoms with van der Waals surface area (Å²) in [4.78, 5) is 4.25. The molecule has 0 radical (unpaired) electrons. The van der Waals surface area contributed by atoms with Crippen LogP contribution in [-0.2, 0) is 0 Å². The van der Waals surface area contributed by atoms with E-state index in [1.807, 2.05) is 11.3 Å². The van der Waals surface area contributed by atoms with E-state index < -0.39 is 0 Å². The number of piperidine rings is 1. The molecule has 2 nitrogen and oxygen atoms in total. The number of rotatable bonds is 6. The maximum absolute atomic E-state index is 3.50. The van der Waals surface area contributed by atoms with Crippen molar-refractivity contribution < 1.29 is 0 Å². The van der Waals surface area contributed by atoms with E-state index in [4.69, 9.17) is 0 Å². The fourth-order valence-corrected chi connectivity index (χ4v) is 4.21. The van der Waals surface area contributed by atoms with E-state index in [1.165, 1.54) is 32.5 Å². The van der Waals surface area contributed by atoms with Crippen molar-refractivity contribution >= 4 is 11.3 Å². The molecule has 3 heteroatoms. The first kappa shape index (κ1) is 15.0. The lowest BCUT2D eigenvalue weighted by Crippen LogP contribution is -2.40. The van der Waals surface area contributed by atoms with E-state index in [0.29, 0.717) is 12.0 Å². The molecule has 0 spiro atoms. The first-order valence-electron chi connectivity index (χ1n) is 7.70. The van der Waals surface area contributed by atoms with E-state index in [9.17, 15) is 0 Å². The smallest absolute Gasteiger partial charge is 0.0464 e. The van der Waals surface area contributed by atoms with Gasteiger partial charge in [-0.25, -0.2) is 0 Å². The van der Waals surface area contributed by atoms with E-state index in [-0.39, 0.29) is 0 Å². The summed E-state index contributed by atoms with van der Waals surface area (Å²) in [6, 6.07) is 5.12. The van der Waals surface area contributed by atoms with Gasteiger partial charge in [0.05, 0.1) is 0 Å². The monoisotopic (exact) mass is 280 g/mol. The van der Waals surface area contributed by atoms with E-state index in [1.54, 1.807) is 4.88 Å². The van der Waals surface area contributed by atoms with Crippen LogP contribution in [0.3, 0.4) is 0 Å². The Morgan fingerprint density at radius 2 is 2.11 bits per heavy atom. The Bertz CT molecular complexity index is 340. The van der Waals surface area contributed by atoms with Crippen LogP contribution in [0.5, 0.6) is 0 Å². The van der Waals surface area contributed by atoms with Crippen LogP contribution in [0, 0.1) is 11.8 Å². The van der Waals surface area contributed by atoms with Gasteiger partial charge in [-0.3, -0.25) is 4.90 Å². The fraction of sp³-hybridized carbons (Fsp3) is 0.750. The predicted octanol–water partition coefficient (Wildman–Crippen LogP) is 3.77. The first-order chi connectivity index (χ1) is 9.22. The van der Waals surface area contributed by atoms with Gasteiger partial charge in [0.2, 0.25) is 0 Å². The van der Waals surface area contributed by atoms with Crippen LogP contribution >= 0.6 is 11.3 Å². The van der Waals surface area contributed by atoms with Gasteiger partial charge in [-0.2, -0.15) is 0 Å². The molecule has 1 aliphatic rings. The Morgan fingerprint density at radius 3 is 2.63 bits per heavy atom. The summed E-state index contributed by atoms with van der Waals surface area (Å²) in [6.07, 6.45) is 2.70. The lowest BCUT2D eigenvalue weighted by atomic mass is 9.92. The molecule has 1 aliphatic heterocycles. The minimum atomic E-state index is 0.625. The van der Waals surface area contributed by atoms with Crippen LogP contribution in [0.1, 0.15) is 44.5 Å². The van der Waals surface area contributed by atoms with Crippen molar-refractivity contribution in [3.63, 3.8) is 0 Å². The molecule has 1 aromatic rings. The molecule has 1 fully saturated rings. The lowest BCUT2D eigenvalue weighted by molar-refractivity contribution is 0.106. The van der Waals surface area contributed by atoms with Gasteiger partial charge in [-0.1, -0.05) is 26.8 Å². The largest absolute Gasteiger partial charge is 0.317 e. The second kappa shape index (κ2) is 7.41. The summed E-state index contributed by atoms with van der Waals surface area (Å²) < 4.78 is 0. The van der Waals surface area contributed by atoms with Gasteiger partial charge < -0.3 is 5.32 Å². The van der Waals surface area contributed by atoms with E-state index in [0.717, 1.165) is 12.5 Å². The highest BCUT2D eigenvalue weighted by Crippen LogP contribution is 2.34. The van der Waals surface area contributed by atoms with Crippen molar-refractivity contribution in [3.8, 4) is 0 Å². The Balaban J connectivity index is 1.91. The summed E-state index contributed by atoms with van der Waals surface area (Å²) >= 11 is 1.91. The molecule has 2 rings (SSSR count). The van der Waals surface area contributed by atoms with Crippen molar-refractivity contribution in [2.24, 2.45) is 11.8 Å². The van der Waals surface area contributed by atoms with Crippen molar-refractivity contribution in [1.29, 1.82) is 0 Å². The third-order valence-electron chi connectivity index (χ3n) is 4.19. The molecule has 108 valence electrons. The Kier molecular flexibility index (Phi) is 5.86. The van der Waals surface area contributed by atoms with Crippen LogP contribution in [0.2, 0.25) is 0 Å². The molecule has 0 aromatic carbocycles. The van der Waals surface area contributed by atoms with Gasteiger partial charge in [0, 0.05) is 10.9 Å². The van der Waals surface area contributed by atoms with E-state index >= 15 is 0 Å². The minimum absolute atomic E-state index is 0.625. The first-order valence-corrected chi connectivity index (χ1v) is 8.58. The van der Waals surface area contributed by atoms with Crippen LogP contribution in [0.4, 0.5) is 0 Å². The highest BCUT2D eigenvalue weighted by atomic mass is 32.1. The quantitative estimate of drug-likeness (QED) is 0.853.